The molecule has 15 heavy (non-hydrogen) atoms. The summed E-state index contributed by atoms with van der Waals surface area (Å²) < 4.78 is 5.22. The number of amides is 1. The molecule has 1 amide bonds. The number of ether oxygens (including phenoxy) is 1. The molecule has 1 aliphatic heterocycles. The van der Waals surface area contributed by atoms with Crippen molar-refractivity contribution in [1.82, 2.24) is 5.32 Å². The molecule has 1 heterocycles. The summed E-state index contributed by atoms with van der Waals surface area (Å²) in [6, 6.07) is 0.276. The lowest BCUT2D eigenvalue weighted by Crippen LogP contribution is -2.45. The summed E-state index contributed by atoms with van der Waals surface area (Å²) in [5.41, 5.74) is 0. The van der Waals surface area contributed by atoms with Gasteiger partial charge in [0.2, 0.25) is 5.91 Å². The van der Waals surface area contributed by atoms with Crippen molar-refractivity contribution in [2.24, 2.45) is 17.8 Å². The Kier molecular flexibility index (Phi) is 4.58. The zero-order chi connectivity index (χ0) is 11.4. The van der Waals surface area contributed by atoms with Gasteiger partial charge in [-0.05, 0) is 18.3 Å². The summed E-state index contributed by atoms with van der Waals surface area (Å²) in [5, 5.41) is 3.14. The van der Waals surface area contributed by atoms with Crippen molar-refractivity contribution in [3.63, 3.8) is 0 Å². The topological polar surface area (TPSA) is 38.3 Å². The summed E-state index contributed by atoms with van der Waals surface area (Å²) in [7, 11) is 0. The largest absolute Gasteiger partial charge is 0.381 e. The van der Waals surface area contributed by atoms with E-state index in [4.69, 9.17) is 4.74 Å². The van der Waals surface area contributed by atoms with E-state index in [-0.39, 0.29) is 19.3 Å². The molecule has 1 rings (SSSR count). The number of carbonyl (C=O) groups is 1. The van der Waals surface area contributed by atoms with Crippen LogP contribution in [0.15, 0.2) is 0 Å². The average molecular weight is 215 g/mol. The van der Waals surface area contributed by atoms with Gasteiger partial charge in [0, 0.05) is 14.1 Å². The minimum absolute atomic E-state index is 0. The second-order valence-electron chi connectivity index (χ2n) is 5.08. The average Bonchev–Trinajstić information content (AvgIpc) is 2.65. The molecule has 0 aromatic carbocycles. The van der Waals surface area contributed by atoms with Crippen molar-refractivity contribution in [3.8, 4) is 0 Å². The molecular formula is C12H25NO2. The minimum atomic E-state index is 0. The van der Waals surface area contributed by atoms with Crippen LogP contribution in [-0.4, -0.2) is 25.2 Å². The molecule has 0 bridgehead atoms. The van der Waals surface area contributed by atoms with Crippen LogP contribution in [0.4, 0.5) is 0 Å². The van der Waals surface area contributed by atoms with Crippen LogP contribution in [0.5, 0.6) is 0 Å². The van der Waals surface area contributed by atoms with Crippen LogP contribution in [-0.2, 0) is 9.53 Å². The van der Waals surface area contributed by atoms with Crippen molar-refractivity contribution in [1.29, 1.82) is 0 Å². The monoisotopic (exact) mass is 215 g/mol. The summed E-state index contributed by atoms with van der Waals surface area (Å²) in [6.07, 6.45) is 0.870. The molecule has 1 atom stereocenters. The number of nitrogens with one attached hydrogen (secondary N) is 1. The Balaban J connectivity index is 0.00000225. The third-order valence-electron chi connectivity index (χ3n) is 3.05. The van der Waals surface area contributed by atoms with Gasteiger partial charge in [-0.25, -0.2) is 0 Å². The quantitative estimate of drug-likeness (QED) is 0.779. The van der Waals surface area contributed by atoms with Crippen LogP contribution in [0, 0.1) is 17.8 Å². The van der Waals surface area contributed by atoms with E-state index >= 15 is 0 Å². The van der Waals surface area contributed by atoms with Crippen LogP contribution < -0.4 is 5.32 Å². The predicted molar refractivity (Wildman–Crippen MR) is 62.6 cm³/mol. The molecular weight excluding hydrogens is 190 g/mol. The number of carbonyl (C=O) groups excluding carboxylic acids is 1. The van der Waals surface area contributed by atoms with Gasteiger partial charge in [-0.2, -0.15) is 0 Å². The molecule has 3 nitrogen and oxygen atoms in total. The van der Waals surface area contributed by atoms with Crippen molar-refractivity contribution >= 4 is 5.91 Å². The molecule has 1 aliphatic rings. The van der Waals surface area contributed by atoms with Crippen LogP contribution in [0.2, 0.25) is 0 Å². The third-order valence-corrected chi connectivity index (χ3v) is 3.05. The van der Waals surface area contributed by atoms with E-state index in [1.54, 1.807) is 0 Å². The first kappa shape index (κ1) is 12.5. The summed E-state index contributed by atoms with van der Waals surface area (Å²) in [6.45, 7) is 9.92. The smallest absolute Gasteiger partial charge is 0.225 e. The molecule has 0 radical (unpaired) electrons. The summed E-state index contributed by atoms with van der Waals surface area (Å²) in [4.78, 5) is 11.9. The maximum atomic E-state index is 11.9. The fourth-order valence-electron chi connectivity index (χ4n) is 2.13. The maximum absolute atomic E-state index is 11.9. The predicted octanol–water partition coefficient (Wildman–Crippen LogP) is 2.07. The van der Waals surface area contributed by atoms with Gasteiger partial charge in [-0.1, -0.05) is 27.7 Å². The van der Waals surface area contributed by atoms with Crippen molar-refractivity contribution in [3.05, 3.63) is 0 Å². The van der Waals surface area contributed by atoms with Gasteiger partial charge >= 0.3 is 0 Å². The first-order chi connectivity index (χ1) is 7.02. The molecule has 0 aromatic rings. The Hall–Kier alpha value is -0.570. The van der Waals surface area contributed by atoms with Gasteiger partial charge < -0.3 is 10.1 Å². The Morgan fingerprint density at radius 2 is 1.93 bits per heavy atom. The van der Waals surface area contributed by atoms with Gasteiger partial charge in [0.1, 0.15) is 0 Å². The first-order valence-corrected chi connectivity index (χ1v) is 5.90. The lowest BCUT2D eigenvalue weighted by atomic mass is 9.92. The van der Waals surface area contributed by atoms with E-state index in [2.05, 4.69) is 33.0 Å². The second kappa shape index (κ2) is 5.50. The van der Waals surface area contributed by atoms with Crippen LogP contribution in [0.1, 0.15) is 35.5 Å². The van der Waals surface area contributed by atoms with E-state index in [9.17, 15) is 4.79 Å². The van der Waals surface area contributed by atoms with E-state index < -0.39 is 0 Å². The lowest BCUT2D eigenvalue weighted by Gasteiger charge is -2.27. The molecule has 0 aliphatic carbocycles. The Morgan fingerprint density at radius 1 is 1.33 bits per heavy atom. The SMILES string of the molecule is CC(C)C(NC(=O)[C@@H]1CCOC1)C(C)C.[HH]. The van der Waals surface area contributed by atoms with Crippen molar-refractivity contribution < 1.29 is 11.0 Å². The van der Waals surface area contributed by atoms with E-state index in [0.29, 0.717) is 18.4 Å². The van der Waals surface area contributed by atoms with Crippen LogP contribution in [0.3, 0.4) is 0 Å². The lowest BCUT2D eigenvalue weighted by molar-refractivity contribution is -0.126. The van der Waals surface area contributed by atoms with Gasteiger partial charge in [-0.3, -0.25) is 4.79 Å². The van der Waals surface area contributed by atoms with Crippen LogP contribution in [0.25, 0.3) is 0 Å². The number of rotatable bonds is 4. The molecule has 0 unspecified atom stereocenters. The van der Waals surface area contributed by atoms with Gasteiger partial charge in [0.05, 0.1) is 12.5 Å². The molecule has 1 N–H and O–H groups in total. The second-order valence-corrected chi connectivity index (χ2v) is 5.08. The van der Waals surface area contributed by atoms with E-state index in [1.165, 1.54) is 0 Å². The fourth-order valence-corrected chi connectivity index (χ4v) is 2.13. The molecule has 90 valence electrons. The van der Waals surface area contributed by atoms with Gasteiger partial charge in [-0.15, -0.1) is 0 Å². The van der Waals surface area contributed by atoms with Crippen molar-refractivity contribution in [2.75, 3.05) is 13.2 Å². The fraction of sp³-hybridized carbons (Fsp3) is 0.917. The minimum Gasteiger partial charge on any atom is -0.381 e. The Morgan fingerprint density at radius 3 is 2.33 bits per heavy atom. The molecule has 0 spiro atoms. The van der Waals surface area contributed by atoms with E-state index in [1.807, 2.05) is 0 Å². The summed E-state index contributed by atoms with van der Waals surface area (Å²) in [5.74, 6) is 1.21. The molecule has 1 saturated heterocycles. The molecule has 3 heteroatoms. The molecule has 0 aromatic heterocycles. The third kappa shape index (κ3) is 3.49. The van der Waals surface area contributed by atoms with E-state index in [0.717, 1.165) is 13.0 Å². The highest BCUT2D eigenvalue weighted by molar-refractivity contribution is 5.79. The number of hydrogen-bond donors (Lipinski definition) is 1. The highest BCUT2D eigenvalue weighted by atomic mass is 16.5. The standard InChI is InChI=1S/C12H23NO2.H2/c1-8(2)11(9(3)4)13-12(14)10-5-6-15-7-10;/h8-11H,5-7H2,1-4H3,(H,13,14);1H/t10-;/m1./s1. The normalized spacial score (nSPS) is 21.7. The zero-order valence-electron chi connectivity index (χ0n) is 10.2. The summed E-state index contributed by atoms with van der Waals surface area (Å²) >= 11 is 0. The highest BCUT2D eigenvalue weighted by Crippen LogP contribution is 2.16. The maximum Gasteiger partial charge on any atom is 0.225 e. The van der Waals surface area contributed by atoms with Gasteiger partial charge in [0.15, 0.2) is 0 Å². The highest BCUT2D eigenvalue weighted by Gasteiger charge is 2.27. The number of hydrogen-bond acceptors (Lipinski definition) is 2. The van der Waals surface area contributed by atoms with Crippen molar-refractivity contribution in [2.45, 2.75) is 40.2 Å². The molecule has 0 saturated carbocycles. The first-order valence-electron chi connectivity index (χ1n) is 5.90. The van der Waals surface area contributed by atoms with Crippen LogP contribution >= 0.6 is 0 Å². The Labute approximate surface area is 94.1 Å². The Bertz CT molecular complexity index is 205. The zero-order valence-corrected chi connectivity index (χ0v) is 10.2. The van der Waals surface area contributed by atoms with Gasteiger partial charge in [0.25, 0.3) is 0 Å². The molecule has 1 fully saturated rings.